The van der Waals surface area contributed by atoms with Crippen molar-refractivity contribution in [3.05, 3.63) is 68.5 Å². The number of rotatable bonds is 5. The van der Waals surface area contributed by atoms with Crippen LogP contribution in [0.5, 0.6) is 0 Å². The number of β-lactam (4-membered cyclic amide) rings is 1. The SMILES string of the molecule is CC(=C1C(=O)N2C(C(=O)OCc3ccc([N+](=O)[O-])cc3)=CSC12)c1c[nH]nn1. The van der Waals surface area contributed by atoms with Crippen LogP contribution in [0.1, 0.15) is 18.2 Å². The number of allylic oxidation sites excluding steroid dienone is 1. The molecule has 0 radical (unpaired) electrons. The van der Waals surface area contributed by atoms with Gasteiger partial charge in [0.05, 0.1) is 10.5 Å². The molecule has 1 N–H and O–H groups in total. The predicted molar refractivity (Wildman–Crippen MR) is 98.2 cm³/mol. The molecule has 2 aromatic rings. The summed E-state index contributed by atoms with van der Waals surface area (Å²) in [5.41, 5.74) is 2.62. The number of carbonyl (C=O) groups excluding carboxylic acids is 2. The second kappa shape index (κ2) is 6.93. The van der Waals surface area contributed by atoms with Gasteiger partial charge in [0.25, 0.3) is 11.6 Å². The largest absolute Gasteiger partial charge is 0.456 e. The number of nitro groups is 1. The number of hydrogen-bond acceptors (Lipinski definition) is 8. The van der Waals surface area contributed by atoms with Crippen molar-refractivity contribution in [1.29, 1.82) is 0 Å². The monoisotopic (exact) mass is 399 g/mol. The Balaban J connectivity index is 1.41. The fraction of sp³-hybridized carbons (Fsp3) is 0.176. The number of benzene rings is 1. The number of non-ortho nitro benzene ring substituents is 1. The second-order valence-corrected chi connectivity index (χ2v) is 7.02. The number of nitrogens with zero attached hydrogens (tertiary/aromatic N) is 4. The average molecular weight is 399 g/mol. The van der Waals surface area contributed by atoms with Crippen molar-refractivity contribution in [1.82, 2.24) is 20.3 Å². The third kappa shape index (κ3) is 2.95. The van der Waals surface area contributed by atoms with Crippen molar-refractivity contribution in [2.45, 2.75) is 18.9 Å². The van der Waals surface area contributed by atoms with Gasteiger partial charge in [0.1, 0.15) is 23.4 Å². The van der Waals surface area contributed by atoms with Crippen molar-refractivity contribution >= 4 is 34.9 Å². The highest BCUT2D eigenvalue weighted by molar-refractivity contribution is 8.03. The molecule has 10 nitrogen and oxygen atoms in total. The number of carbonyl (C=O) groups is 2. The fourth-order valence-corrected chi connectivity index (χ4v) is 4.12. The van der Waals surface area contributed by atoms with Crippen molar-refractivity contribution < 1.29 is 19.2 Å². The zero-order valence-electron chi connectivity index (χ0n) is 14.5. The van der Waals surface area contributed by atoms with E-state index < -0.39 is 10.9 Å². The number of nitro benzene ring substituents is 1. The number of amides is 1. The molecular formula is C17H13N5O5S. The zero-order chi connectivity index (χ0) is 19.8. The van der Waals surface area contributed by atoms with E-state index in [2.05, 4.69) is 15.4 Å². The summed E-state index contributed by atoms with van der Waals surface area (Å²) < 4.78 is 5.25. The Kier molecular flexibility index (Phi) is 4.43. The number of hydrogen-bond donors (Lipinski definition) is 1. The van der Waals surface area contributed by atoms with Crippen LogP contribution in [-0.4, -0.2) is 42.5 Å². The Morgan fingerprint density at radius 3 is 2.79 bits per heavy atom. The van der Waals surface area contributed by atoms with E-state index in [-0.39, 0.29) is 29.3 Å². The number of nitrogens with one attached hydrogen (secondary N) is 1. The van der Waals surface area contributed by atoms with Crippen LogP contribution in [0.3, 0.4) is 0 Å². The first-order chi connectivity index (χ1) is 13.5. The fourth-order valence-electron chi connectivity index (χ4n) is 2.91. The van der Waals surface area contributed by atoms with Gasteiger partial charge in [0.15, 0.2) is 0 Å². The Morgan fingerprint density at radius 2 is 2.14 bits per heavy atom. The quantitative estimate of drug-likeness (QED) is 0.265. The molecule has 0 spiro atoms. The molecule has 0 bridgehead atoms. The normalized spacial score (nSPS) is 19.6. The van der Waals surface area contributed by atoms with Crippen LogP contribution in [0.4, 0.5) is 5.69 Å². The van der Waals surface area contributed by atoms with Crippen LogP contribution in [-0.2, 0) is 20.9 Å². The number of fused-ring (bicyclic) bond motifs is 1. The highest BCUT2D eigenvalue weighted by Gasteiger charge is 2.51. The molecule has 1 saturated heterocycles. The van der Waals surface area contributed by atoms with E-state index in [1.165, 1.54) is 40.9 Å². The summed E-state index contributed by atoms with van der Waals surface area (Å²) in [5.74, 6) is -0.895. The highest BCUT2D eigenvalue weighted by atomic mass is 32.2. The molecule has 2 aliphatic heterocycles. The molecule has 1 aromatic carbocycles. The molecule has 1 aromatic heterocycles. The molecule has 1 atom stereocenters. The molecule has 1 unspecified atom stereocenters. The van der Waals surface area contributed by atoms with Crippen molar-refractivity contribution in [2.75, 3.05) is 0 Å². The second-order valence-electron chi connectivity index (χ2n) is 6.06. The van der Waals surface area contributed by atoms with Gasteiger partial charge in [-0.3, -0.25) is 24.9 Å². The average Bonchev–Trinajstić information content (AvgIpc) is 3.34. The van der Waals surface area contributed by atoms with Gasteiger partial charge in [-0.05, 0) is 30.2 Å². The summed E-state index contributed by atoms with van der Waals surface area (Å²) in [5, 5.41) is 22.1. The molecule has 11 heteroatoms. The number of ether oxygens (including phenoxy) is 1. The lowest BCUT2D eigenvalue weighted by molar-refractivity contribution is -0.384. The number of aromatic amines is 1. The van der Waals surface area contributed by atoms with Crippen molar-refractivity contribution in [3.63, 3.8) is 0 Å². The van der Waals surface area contributed by atoms with Crippen LogP contribution < -0.4 is 0 Å². The van der Waals surface area contributed by atoms with Crippen LogP contribution in [0.2, 0.25) is 0 Å². The van der Waals surface area contributed by atoms with Gasteiger partial charge in [0, 0.05) is 23.7 Å². The van der Waals surface area contributed by atoms with Crippen molar-refractivity contribution in [3.8, 4) is 0 Å². The van der Waals surface area contributed by atoms with E-state index in [9.17, 15) is 19.7 Å². The predicted octanol–water partition coefficient (Wildman–Crippen LogP) is 1.99. The summed E-state index contributed by atoms with van der Waals surface area (Å²) in [6, 6.07) is 5.71. The van der Waals surface area contributed by atoms with Gasteiger partial charge in [0.2, 0.25) is 0 Å². The number of esters is 1. The van der Waals surface area contributed by atoms with E-state index in [4.69, 9.17) is 4.74 Å². The van der Waals surface area contributed by atoms with E-state index in [1.54, 1.807) is 18.5 Å². The minimum absolute atomic E-state index is 0.0409. The lowest BCUT2D eigenvalue weighted by Crippen LogP contribution is -2.51. The summed E-state index contributed by atoms with van der Waals surface area (Å²) >= 11 is 1.34. The van der Waals surface area contributed by atoms with Gasteiger partial charge in [-0.25, -0.2) is 4.79 Å². The molecule has 4 rings (SSSR count). The maximum atomic E-state index is 12.6. The van der Waals surface area contributed by atoms with Gasteiger partial charge >= 0.3 is 5.97 Å². The first kappa shape index (κ1) is 17.9. The molecule has 3 heterocycles. The number of H-pyrrole nitrogens is 1. The lowest BCUT2D eigenvalue weighted by Gasteiger charge is -2.38. The summed E-state index contributed by atoms with van der Waals surface area (Å²) in [7, 11) is 0. The molecule has 142 valence electrons. The summed E-state index contributed by atoms with van der Waals surface area (Å²) in [4.78, 5) is 36.5. The third-order valence-electron chi connectivity index (χ3n) is 4.43. The van der Waals surface area contributed by atoms with Gasteiger partial charge in [-0.2, -0.15) is 0 Å². The number of aromatic nitrogens is 3. The van der Waals surface area contributed by atoms with Gasteiger partial charge < -0.3 is 4.74 Å². The molecule has 0 aliphatic carbocycles. The maximum absolute atomic E-state index is 12.6. The van der Waals surface area contributed by atoms with Crippen LogP contribution in [0.25, 0.3) is 5.57 Å². The Hall–Kier alpha value is -3.47. The lowest BCUT2D eigenvalue weighted by atomic mass is 9.98. The maximum Gasteiger partial charge on any atom is 0.355 e. The standard InChI is InChI=1S/C17H13N5O5S/c1-9(12-6-18-20-19-12)14-15(23)21-13(8-28-16(14)21)17(24)27-7-10-2-4-11(5-3-10)22(25)26/h2-6,8,16H,7H2,1H3,(H,18,19,20). The Labute approximate surface area is 162 Å². The molecule has 1 fully saturated rings. The Bertz CT molecular complexity index is 1030. The molecule has 0 saturated carbocycles. The minimum Gasteiger partial charge on any atom is -0.456 e. The topological polar surface area (TPSA) is 131 Å². The summed E-state index contributed by atoms with van der Waals surface area (Å²) in [6.07, 6.45) is 1.60. The highest BCUT2D eigenvalue weighted by Crippen LogP contribution is 2.47. The van der Waals surface area contributed by atoms with E-state index in [0.717, 1.165) is 0 Å². The first-order valence-electron chi connectivity index (χ1n) is 8.14. The van der Waals surface area contributed by atoms with E-state index >= 15 is 0 Å². The summed E-state index contributed by atoms with van der Waals surface area (Å²) in [6.45, 7) is 1.74. The van der Waals surface area contributed by atoms with Crippen LogP contribution in [0.15, 0.2) is 47.1 Å². The Morgan fingerprint density at radius 1 is 1.39 bits per heavy atom. The smallest absolute Gasteiger partial charge is 0.355 e. The van der Waals surface area contributed by atoms with E-state index in [1.807, 2.05) is 0 Å². The van der Waals surface area contributed by atoms with Gasteiger partial charge in [-0.1, -0.05) is 5.21 Å². The minimum atomic E-state index is -0.625. The molecule has 28 heavy (non-hydrogen) atoms. The number of thioether (sulfide) groups is 1. The molecule has 1 amide bonds. The van der Waals surface area contributed by atoms with Crippen molar-refractivity contribution in [2.24, 2.45) is 0 Å². The zero-order valence-corrected chi connectivity index (χ0v) is 15.3. The third-order valence-corrected chi connectivity index (χ3v) is 5.49. The van der Waals surface area contributed by atoms with Crippen LogP contribution >= 0.6 is 11.8 Å². The molecule has 2 aliphatic rings. The van der Waals surface area contributed by atoms with Crippen LogP contribution in [0, 0.1) is 10.1 Å². The molecular weight excluding hydrogens is 386 g/mol. The van der Waals surface area contributed by atoms with E-state index in [0.29, 0.717) is 22.4 Å². The first-order valence-corrected chi connectivity index (χ1v) is 9.09. The van der Waals surface area contributed by atoms with Gasteiger partial charge in [-0.15, -0.1) is 16.9 Å².